The summed E-state index contributed by atoms with van der Waals surface area (Å²) in [7, 11) is 0. The third-order valence-corrected chi connectivity index (χ3v) is 2.79. The molecule has 0 fully saturated rings. The summed E-state index contributed by atoms with van der Waals surface area (Å²) < 4.78 is 0. The highest BCUT2D eigenvalue weighted by atomic mass is 16.3. The molecule has 1 atom stereocenters. The molecule has 0 radical (unpaired) electrons. The third kappa shape index (κ3) is 4.85. The molecule has 6 nitrogen and oxygen atoms in total. The molecule has 0 aliphatic rings. The second-order valence-electron chi connectivity index (χ2n) is 4.38. The van der Waals surface area contributed by atoms with Gasteiger partial charge in [0.15, 0.2) is 0 Å². The maximum absolute atomic E-state index is 9.01. The van der Waals surface area contributed by atoms with E-state index < -0.39 is 0 Å². The molecule has 1 aromatic heterocycles. The van der Waals surface area contributed by atoms with Gasteiger partial charge >= 0.3 is 0 Å². The number of nitrogen functional groups attached to an aromatic ring is 1. The highest BCUT2D eigenvalue weighted by molar-refractivity contribution is 5.46. The SMILES string of the molecule is CCCC(CCO)CNc1cc(NN)nc(C)n1. The summed E-state index contributed by atoms with van der Waals surface area (Å²) in [6.45, 7) is 5.00. The van der Waals surface area contributed by atoms with Crippen molar-refractivity contribution in [2.24, 2.45) is 11.8 Å². The zero-order valence-corrected chi connectivity index (χ0v) is 11.1. The van der Waals surface area contributed by atoms with Crippen molar-refractivity contribution in [3.8, 4) is 0 Å². The maximum Gasteiger partial charge on any atom is 0.145 e. The maximum atomic E-state index is 9.01. The molecular formula is C12H23N5O. The molecule has 0 saturated heterocycles. The van der Waals surface area contributed by atoms with E-state index in [0.717, 1.165) is 31.6 Å². The molecule has 0 aliphatic carbocycles. The van der Waals surface area contributed by atoms with E-state index in [1.54, 1.807) is 6.07 Å². The van der Waals surface area contributed by atoms with Crippen molar-refractivity contribution in [3.63, 3.8) is 0 Å². The Labute approximate surface area is 108 Å². The van der Waals surface area contributed by atoms with E-state index in [2.05, 4.69) is 27.6 Å². The first kappa shape index (κ1) is 14.7. The first-order valence-electron chi connectivity index (χ1n) is 6.36. The fourth-order valence-electron chi connectivity index (χ4n) is 1.92. The summed E-state index contributed by atoms with van der Waals surface area (Å²) in [5.41, 5.74) is 2.52. The van der Waals surface area contributed by atoms with Crippen molar-refractivity contribution >= 4 is 11.6 Å². The minimum absolute atomic E-state index is 0.227. The fraction of sp³-hybridized carbons (Fsp3) is 0.667. The largest absolute Gasteiger partial charge is 0.396 e. The molecule has 18 heavy (non-hydrogen) atoms. The lowest BCUT2D eigenvalue weighted by atomic mass is 10.0. The lowest BCUT2D eigenvalue weighted by Gasteiger charge is -2.16. The Morgan fingerprint density at radius 1 is 1.33 bits per heavy atom. The van der Waals surface area contributed by atoms with Crippen LogP contribution in [0.1, 0.15) is 32.0 Å². The van der Waals surface area contributed by atoms with Gasteiger partial charge in [-0.3, -0.25) is 0 Å². The summed E-state index contributed by atoms with van der Waals surface area (Å²) in [5, 5.41) is 12.3. The van der Waals surface area contributed by atoms with E-state index in [0.29, 0.717) is 17.6 Å². The monoisotopic (exact) mass is 253 g/mol. The highest BCUT2D eigenvalue weighted by Gasteiger charge is 2.08. The molecule has 0 bridgehead atoms. The standard InChI is InChI=1S/C12H23N5O/c1-3-4-10(5-6-18)8-14-11-7-12(17-13)16-9(2)15-11/h7,10,18H,3-6,8,13H2,1-2H3,(H2,14,15,16,17). The zero-order chi connectivity index (χ0) is 13.4. The van der Waals surface area contributed by atoms with E-state index in [4.69, 9.17) is 10.9 Å². The Kier molecular flexibility index (Phi) is 6.38. The Hall–Kier alpha value is -1.40. The zero-order valence-electron chi connectivity index (χ0n) is 11.1. The van der Waals surface area contributed by atoms with Crippen LogP contribution in [0.3, 0.4) is 0 Å². The normalized spacial score (nSPS) is 12.2. The average molecular weight is 253 g/mol. The summed E-state index contributed by atoms with van der Waals surface area (Å²) in [5.74, 6) is 7.82. The number of hydrazine groups is 1. The van der Waals surface area contributed by atoms with Crippen LogP contribution in [0.15, 0.2) is 6.07 Å². The molecule has 1 aromatic rings. The number of aromatic nitrogens is 2. The van der Waals surface area contributed by atoms with Crippen LogP contribution in [0.4, 0.5) is 11.6 Å². The van der Waals surface area contributed by atoms with Gasteiger partial charge in [-0.1, -0.05) is 13.3 Å². The van der Waals surface area contributed by atoms with Crippen LogP contribution in [0.5, 0.6) is 0 Å². The topological polar surface area (TPSA) is 96.1 Å². The van der Waals surface area contributed by atoms with Crippen LogP contribution in [0.25, 0.3) is 0 Å². The second kappa shape index (κ2) is 7.84. The minimum atomic E-state index is 0.227. The molecule has 102 valence electrons. The number of hydrogen-bond donors (Lipinski definition) is 4. The number of rotatable bonds is 8. The van der Waals surface area contributed by atoms with Crippen molar-refractivity contribution in [2.45, 2.75) is 33.1 Å². The van der Waals surface area contributed by atoms with Crippen molar-refractivity contribution < 1.29 is 5.11 Å². The van der Waals surface area contributed by atoms with Crippen molar-refractivity contribution in [1.82, 2.24) is 9.97 Å². The van der Waals surface area contributed by atoms with Crippen LogP contribution in [-0.4, -0.2) is 28.2 Å². The van der Waals surface area contributed by atoms with Gasteiger partial charge in [0.25, 0.3) is 0 Å². The number of hydrogen-bond acceptors (Lipinski definition) is 6. The van der Waals surface area contributed by atoms with Gasteiger partial charge in [0.05, 0.1) is 0 Å². The van der Waals surface area contributed by atoms with Gasteiger partial charge < -0.3 is 15.8 Å². The number of aliphatic hydroxyl groups is 1. The van der Waals surface area contributed by atoms with Gasteiger partial charge in [0, 0.05) is 19.2 Å². The van der Waals surface area contributed by atoms with Gasteiger partial charge in [-0.15, -0.1) is 0 Å². The van der Waals surface area contributed by atoms with Crippen LogP contribution in [0, 0.1) is 12.8 Å². The number of nitrogens with two attached hydrogens (primary N) is 1. The molecule has 1 rings (SSSR count). The summed E-state index contributed by atoms with van der Waals surface area (Å²) in [4.78, 5) is 8.42. The van der Waals surface area contributed by atoms with E-state index in [-0.39, 0.29) is 6.61 Å². The van der Waals surface area contributed by atoms with E-state index >= 15 is 0 Å². The number of aliphatic hydroxyl groups excluding tert-OH is 1. The number of anilines is 2. The third-order valence-electron chi connectivity index (χ3n) is 2.79. The summed E-state index contributed by atoms with van der Waals surface area (Å²) in [6, 6.07) is 1.77. The smallest absolute Gasteiger partial charge is 0.145 e. The number of nitrogens with zero attached hydrogens (tertiary/aromatic N) is 2. The molecule has 0 aromatic carbocycles. The van der Waals surface area contributed by atoms with Gasteiger partial charge in [0.2, 0.25) is 0 Å². The van der Waals surface area contributed by atoms with E-state index in [1.807, 2.05) is 6.92 Å². The average Bonchev–Trinajstić information content (AvgIpc) is 2.36. The molecule has 1 heterocycles. The molecule has 0 aliphatic heterocycles. The molecular weight excluding hydrogens is 230 g/mol. The van der Waals surface area contributed by atoms with Crippen LogP contribution in [-0.2, 0) is 0 Å². The lowest BCUT2D eigenvalue weighted by molar-refractivity contribution is 0.255. The highest BCUT2D eigenvalue weighted by Crippen LogP contribution is 2.14. The quantitative estimate of drug-likeness (QED) is 0.412. The van der Waals surface area contributed by atoms with Gasteiger partial charge in [-0.25, -0.2) is 15.8 Å². The molecule has 0 spiro atoms. The molecule has 0 saturated carbocycles. The van der Waals surface area contributed by atoms with Gasteiger partial charge in [-0.2, -0.15) is 0 Å². The molecule has 1 unspecified atom stereocenters. The molecule has 6 heteroatoms. The predicted molar refractivity (Wildman–Crippen MR) is 73.2 cm³/mol. The van der Waals surface area contributed by atoms with Gasteiger partial charge in [0.1, 0.15) is 17.5 Å². The van der Waals surface area contributed by atoms with Crippen LogP contribution < -0.4 is 16.6 Å². The minimum Gasteiger partial charge on any atom is -0.396 e. The first-order chi connectivity index (χ1) is 8.69. The van der Waals surface area contributed by atoms with Crippen molar-refractivity contribution in [1.29, 1.82) is 0 Å². The number of nitrogens with one attached hydrogen (secondary N) is 2. The van der Waals surface area contributed by atoms with E-state index in [9.17, 15) is 0 Å². The van der Waals surface area contributed by atoms with Crippen LogP contribution in [0.2, 0.25) is 0 Å². The van der Waals surface area contributed by atoms with Gasteiger partial charge in [-0.05, 0) is 25.7 Å². The second-order valence-corrected chi connectivity index (χ2v) is 4.38. The molecule has 5 N–H and O–H groups in total. The van der Waals surface area contributed by atoms with E-state index in [1.165, 1.54) is 0 Å². The number of aryl methyl sites for hydroxylation is 1. The lowest BCUT2D eigenvalue weighted by Crippen LogP contribution is -2.17. The Morgan fingerprint density at radius 3 is 2.67 bits per heavy atom. The van der Waals surface area contributed by atoms with Crippen molar-refractivity contribution in [3.05, 3.63) is 11.9 Å². The fourth-order valence-corrected chi connectivity index (χ4v) is 1.92. The predicted octanol–water partition coefficient (Wildman–Crippen LogP) is 1.28. The Balaban J connectivity index is 2.57. The Bertz CT molecular complexity index is 352. The molecule has 0 amide bonds. The van der Waals surface area contributed by atoms with Crippen molar-refractivity contribution in [2.75, 3.05) is 23.9 Å². The summed E-state index contributed by atoms with van der Waals surface area (Å²) in [6.07, 6.45) is 3.03. The summed E-state index contributed by atoms with van der Waals surface area (Å²) >= 11 is 0. The Morgan fingerprint density at radius 2 is 2.06 bits per heavy atom. The first-order valence-corrected chi connectivity index (χ1v) is 6.36. The van der Waals surface area contributed by atoms with Crippen LogP contribution >= 0.6 is 0 Å².